The van der Waals surface area contributed by atoms with Gasteiger partial charge in [-0.3, -0.25) is 14.4 Å². The van der Waals surface area contributed by atoms with Crippen molar-refractivity contribution in [1.29, 1.82) is 0 Å². The second-order valence-corrected chi connectivity index (χ2v) is 13.5. The number of hydrogen-bond donors (Lipinski definition) is 1. The number of unbranched alkanes of at least 4 members (excludes halogenated alkanes) is 2. The van der Waals surface area contributed by atoms with Gasteiger partial charge < -0.3 is 15.0 Å². The van der Waals surface area contributed by atoms with Crippen molar-refractivity contribution in [2.24, 2.45) is 0 Å². The number of alkyl halides is 6. The van der Waals surface area contributed by atoms with E-state index in [-0.39, 0.29) is 42.6 Å². The normalized spacial score (nSPS) is 13.0. The summed E-state index contributed by atoms with van der Waals surface area (Å²) in [6.07, 6.45) is -6.69. The number of halogens is 8. The van der Waals surface area contributed by atoms with E-state index in [0.717, 1.165) is 12.1 Å². The van der Waals surface area contributed by atoms with Crippen LogP contribution >= 0.6 is 0 Å². The summed E-state index contributed by atoms with van der Waals surface area (Å²) >= 11 is 0. The third kappa shape index (κ3) is 12.1. The van der Waals surface area contributed by atoms with Crippen molar-refractivity contribution in [3.63, 3.8) is 0 Å². The predicted octanol–water partition coefficient (Wildman–Crippen LogP) is 8.86. The molecule has 1 N–H and O–H groups in total. The summed E-state index contributed by atoms with van der Waals surface area (Å²) in [5.74, 6) is -4.69. The van der Waals surface area contributed by atoms with E-state index in [1.807, 2.05) is 0 Å². The number of amides is 1. The summed E-state index contributed by atoms with van der Waals surface area (Å²) < 4.78 is 122. The van der Waals surface area contributed by atoms with Crippen LogP contribution in [0.3, 0.4) is 0 Å². The van der Waals surface area contributed by atoms with Crippen molar-refractivity contribution in [3.05, 3.63) is 111 Å². The van der Waals surface area contributed by atoms with Crippen molar-refractivity contribution in [2.45, 2.75) is 89.7 Å². The number of aryl methyl sites for hydroxylation is 3. The number of aromatic nitrogens is 2. The molecule has 0 unspecified atom stereocenters. The van der Waals surface area contributed by atoms with Crippen molar-refractivity contribution in [2.75, 3.05) is 27.2 Å². The highest BCUT2D eigenvalue weighted by molar-refractivity contribution is 5.82. The minimum Gasteiger partial charge on any atom is -0.466 e. The maximum Gasteiger partial charge on any atom is 0.419 e. The maximum absolute atomic E-state index is 16.2. The molecule has 1 aromatic heterocycles. The van der Waals surface area contributed by atoms with Crippen LogP contribution in [0.25, 0.3) is 11.1 Å². The largest absolute Gasteiger partial charge is 0.466 e. The summed E-state index contributed by atoms with van der Waals surface area (Å²) in [6, 6.07) is 0.589. The second-order valence-electron chi connectivity index (χ2n) is 13.5. The van der Waals surface area contributed by atoms with Gasteiger partial charge in [-0.05, 0) is 126 Å². The summed E-state index contributed by atoms with van der Waals surface area (Å²) in [4.78, 5) is 41.8. The first-order valence-corrected chi connectivity index (χ1v) is 18.0. The quantitative estimate of drug-likeness (QED) is 0.0564. The monoisotopic (exact) mass is 798 g/mol. The lowest BCUT2D eigenvalue weighted by molar-refractivity contribution is -0.144. The predicted molar refractivity (Wildman–Crippen MR) is 196 cm³/mol. The molecule has 0 aliphatic rings. The first kappa shape index (κ1) is 45.5. The molecule has 0 radical (unpaired) electrons. The number of hydrogen-bond acceptors (Lipinski definition) is 6. The molecule has 3 rings (SSSR count). The van der Waals surface area contributed by atoms with Gasteiger partial charge in [-0.25, -0.2) is 13.5 Å². The molecule has 0 saturated carbocycles. The molecule has 306 valence electrons. The Bertz CT molecular complexity index is 1940. The highest BCUT2D eigenvalue weighted by Gasteiger charge is 2.39. The number of allylic oxidation sites excluding steroid dienone is 2. The van der Waals surface area contributed by atoms with Gasteiger partial charge in [0.25, 0.3) is 5.56 Å². The van der Waals surface area contributed by atoms with Gasteiger partial charge in [-0.2, -0.15) is 31.4 Å². The number of carbonyl (C=O) groups excluding carboxylic acids is 2. The summed E-state index contributed by atoms with van der Waals surface area (Å²) in [5, 5.41) is 6.28. The van der Waals surface area contributed by atoms with E-state index in [0.29, 0.717) is 48.2 Å². The van der Waals surface area contributed by atoms with Gasteiger partial charge in [-0.15, -0.1) is 13.2 Å². The molecule has 0 bridgehead atoms. The molecule has 16 heteroatoms. The average molecular weight is 799 g/mol. The summed E-state index contributed by atoms with van der Waals surface area (Å²) in [6.45, 7) is 10.3. The van der Waals surface area contributed by atoms with Crippen LogP contribution in [0, 0.1) is 18.6 Å². The lowest BCUT2D eigenvalue weighted by atomic mass is 9.88. The van der Waals surface area contributed by atoms with Crippen LogP contribution in [0.15, 0.2) is 60.4 Å². The Kier molecular flexibility index (Phi) is 16.1. The molecule has 0 aliphatic carbocycles. The van der Waals surface area contributed by atoms with E-state index in [9.17, 15) is 45.1 Å². The Morgan fingerprint density at radius 3 is 2.21 bits per heavy atom. The zero-order valence-electron chi connectivity index (χ0n) is 31.7. The topological polar surface area (TPSA) is 93.5 Å². The van der Waals surface area contributed by atoms with Crippen LogP contribution in [-0.4, -0.2) is 53.8 Å². The number of ether oxygens (including phenoxy) is 1. The molecule has 3 aromatic rings. The lowest BCUT2D eigenvalue weighted by Crippen LogP contribution is -2.41. The molecule has 0 fully saturated rings. The molecule has 0 saturated heterocycles. The number of benzene rings is 2. The van der Waals surface area contributed by atoms with Crippen molar-refractivity contribution in [3.8, 4) is 11.1 Å². The summed E-state index contributed by atoms with van der Waals surface area (Å²) in [5.41, 5.74) is -5.10. The minimum absolute atomic E-state index is 0.180. The number of rotatable bonds is 19. The molecule has 1 amide bonds. The van der Waals surface area contributed by atoms with E-state index in [4.69, 9.17) is 4.74 Å². The molecule has 2 atom stereocenters. The molecule has 1 heterocycles. The van der Waals surface area contributed by atoms with Gasteiger partial charge in [0, 0.05) is 11.6 Å². The van der Waals surface area contributed by atoms with Crippen LogP contribution in [-0.2, 0) is 39.5 Å². The molecule has 56 heavy (non-hydrogen) atoms. The van der Waals surface area contributed by atoms with Gasteiger partial charge in [0.05, 0.1) is 35.9 Å². The van der Waals surface area contributed by atoms with Crippen LogP contribution < -0.4 is 10.9 Å². The zero-order chi connectivity index (χ0) is 42.0. The highest BCUT2D eigenvalue weighted by Crippen LogP contribution is 2.41. The lowest BCUT2D eigenvalue weighted by Gasteiger charge is -2.26. The van der Waals surface area contributed by atoms with Gasteiger partial charge in [-0.1, -0.05) is 12.2 Å². The second kappa shape index (κ2) is 19.8. The van der Waals surface area contributed by atoms with E-state index >= 15 is 4.39 Å². The number of esters is 1. The van der Waals surface area contributed by atoms with Crippen molar-refractivity contribution >= 4 is 11.9 Å². The number of nitrogens with zero attached hydrogens (tertiary/aromatic N) is 3. The van der Waals surface area contributed by atoms with Gasteiger partial charge >= 0.3 is 18.3 Å². The Labute approximate surface area is 320 Å². The molecule has 8 nitrogen and oxygen atoms in total. The number of nitrogens with one attached hydrogen (secondary N) is 1. The van der Waals surface area contributed by atoms with E-state index in [1.54, 1.807) is 25.1 Å². The molecule has 0 aliphatic heterocycles. The standard InChI is InChI=1S/C40H46F8N4O4/c1-7-10-11-12-15-25-19-27(41)18-24(4)36(25)26-20-28(37(42)30(21-26)40(46,47)48)32(23-35(54)56-9-3)49-38(55)33(14-8-2)52-34(53)22-29(39(43,44)45)31(50-52)16-13-17-51(5)6/h7-8,18-22,32-33H,1-2,9-17,23H2,3-6H3,(H,49,55)/t32-,33-/m0/s1. The average Bonchev–Trinajstić information content (AvgIpc) is 3.08. The Balaban J connectivity index is 2.26. The zero-order valence-corrected chi connectivity index (χ0v) is 31.7. The molecule has 2 aromatic carbocycles. The van der Waals surface area contributed by atoms with Gasteiger partial charge in [0.2, 0.25) is 5.91 Å². The van der Waals surface area contributed by atoms with Crippen LogP contribution in [0.5, 0.6) is 0 Å². The Morgan fingerprint density at radius 2 is 1.62 bits per heavy atom. The SMILES string of the molecule is C=CCCCCc1cc(F)cc(C)c1-c1cc([C@H](CC(=O)OCC)NC(=O)[C@H](CC=C)n2nc(CCCN(C)C)c(C(F)(F)F)cc2=O)c(F)c(C(F)(F)F)c1. The van der Waals surface area contributed by atoms with Crippen LogP contribution in [0.4, 0.5) is 35.1 Å². The molecular weight excluding hydrogens is 752 g/mol. The molecular formula is C40H46F8N4O4. The fraction of sp³-hybridized carbons (Fsp3) is 0.450. The minimum atomic E-state index is -5.28. The van der Waals surface area contributed by atoms with Crippen LogP contribution in [0.1, 0.15) is 91.0 Å². The van der Waals surface area contributed by atoms with Gasteiger partial charge in [0.1, 0.15) is 17.7 Å². The first-order valence-electron chi connectivity index (χ1n) is 18.0. The van der Waals surface area contributed by atoms with Gasteiger partial charge in [0.15, 0.2) is 0 Å². The van der Waals surface area contributed by atoms with Crippen molar-refractivity contribution in [1.82, 2.24) is 20.0 Å². The number of carbonyl (C=O) groups is 2. The first-order chi connectivity index (χ1) is 26.2. The smallest absolute Gasteiger partial charge is 0.419 e. The third-order valence-corrected chi connectivity index (χ3v) is 8.89. The van der Waals surface area contributed by atoms with E-state index in [2.05, 4.69) is 23.6 Å². The Morgan fingerprint density at radius 1 is 0.946 bits per heavy atom. The van der Waals surface area contributed by atoms with Crippen molar-refractivity contribution < 1.29 is 49.4 Å². The van der Waals surface area contributed by atoms with E-state index < -0.39 is 88.7 Å². The fourth-order valence-electron chi connectivity index (χ4n) is 6.37. The third-order valence-electron chi connectivity index (χ3n) is 8.89. The summed E-state index contributed by atoms with van der Waals surface area (Å²) in [7, 11) is 3.41. The highest BCUT2D eigenvalue weighted by atomic mass is 19.4. The van der Waals surface area contributed by atoms with Crippen LogP contribution in [0.2, 0.25) is 0 Å². The Hall–Kier alpha value is -4.86. The molecule has 0 spiro atoms. The van der Waals surface area contributed by atoms with E-state index in [1.165, 1.54) is 26.0 Å². The fourth-order valence-corrected chi connectivity index (χ4v) is 6.37. The maximum atomic E-state index is 16.2.